The Morgan fingerprint density at radius 1 is 1.43 bits per heavy atom. The maximum atomic E-state index is 11.3. The van der Waals surface area contributed by atoms with Crippen molar-refractivity contribution in [3.8, 4) is 0 Å². The zero-order valence-corrected chi connectivity index (χ0v) is 9.34. The fraction of sp³-hybridized carbons (Fsp3) is 0.909. The predicted octanol–water partition coefficient (Wildman–Crippen LogP) is 2.00. The van der Waals surface area contributed by atoms with Gasteiger partial charge in [0.1, 0.15) is 0 Å². The molecular formula is C11H20O3. The third kappa shape index (κ3) is 3.66. The Morgan fingerprint density at radius 3 is 2.57 bits per heavy atom. The Bertz CT molecular complexity index is 195. The van der Waals surface area contributed by atoms with Gasteiger partial charge in [0.05, 0.1) is 19.1 Å². The van der Waals surface area contributed by atoms with Gasteiger partial charge in [-0.25, -0.2) is 0 Å². The van der Waals surface area contributed by atoms with Crippen LogP contribution in [0.1, 0.15) is 33.1 Å². The monoisotopic (exact) mass is 200 g/mol. The SMILES string of the molecule is COC(=O)C(C)(C)COCCC1CC1. The molecule has 0 aromatic heterocycles. The van der Waals surface area contributed by atoms with Crippen molar-refractivity contribution in [3.63, 3.8) is 0 Å². The van der Waals surface area contributed by atoms with Crippen LogP contribution in [0.15, 0.2) is 0 Å². The topological polar surface area (TPSA) is 35.5 Å². The minimum absolute atomic E-state index is 0.205. The Kier molecular flexibility index (Phi) is 3.93. The van der Waals surface area contributed by atoms with Gasteiger partial charge in [-0.3, -0.25) is 4.79 Å². The minimum atomic E-state index is -0.516. The van der Waals surface area contributed by atoms with Crippen molar-refractivity contribution in [2.24, 2.45) is 11.3 Å². The molecule has 0 aromatic rings. The lowest BCUT2D eigenvalue weighted by atomic mass is 9.95. The summed E-state index contributed by atoms with van der Waals surface area (Å²) < 4.78 is 10.2. The first kappa shape index (κ1) is 11.5. The number of methoxy groups -OCH3 is 1. The molecule has 1 fully saturated rings. The van der Waals surface area contributed by atoms with Gasteiger partial charge < -0.3 is 9.47 Å². The maximum absolute atomic E-state index is 11.3. The van der Waals surface area contributed by atoms with Crippen LogP contribution in [-0.2, 0) is 14.3 Å². The molecule has 0 bridgehead atoms. The molecule has 82 valence electrons. The third-order valence-electron chi connectivity index (χ3n) is 2.57. The molecule has 0 amide bonds. The molecule has 3 heteroatoms. The van der Waals surface area contributed by atoms with Crippen molar-refractivity contribution in [2.45, 2.75) is 33.1 Å². The smallest absolute Gasteiger partial charge is 0.313 e. The van der Waals surface area contributed by atoms with Gasteiger partial charge in [-0.15, -0.1) is 0 Å². The molecule has 14 heavy (non-hydrogen) atoms. The van der Waals surface area contributed by atoms with Gasteiger partial charge in [0.25, 0.3) is 0 Å². The fourth-order valence-corrected chi connectivity index (χ4v) is 1.32. The summed E-state index contributed by atoms with van der Waals surface area (Å²) in [5.41, 5.74) is -0.516. The van der Waals surface area contributed by atoms with Gasteiger partial charge in [0.15, 0.2) is 0 Å². The summed E-state index contributed by atoms with van der Waals surface area (Å²) in [4.78, 5) is 11.3. The first-order valence-corrected chi connectivity index (χ1v) is 5.22. The first-order chi connectivity index (χ1) is 6.56. The highest BCUT2D eigenvalue weighted by Gasteiger charge is 2.29. The van der Waals surface area contributed by atoms with E-state index in [1.807, 2.05) is 13.8 Å². The molecule has 0 aliphatic heterocycles. The summed E-state index contributed by atoms with van der Waals surface area (Å²) in [6.07, 6.45) is 3.84. The van der Waals surface area contributed by atoms with Crippen LogP contribution in [0.5, 0.6) is 0 Å². The van der Waals surface area contributed by atoms with E-state index in [4.69, 9.17) is 4.74 Å². The lowest BCUT2D eigenvalue weighted by molar-refractivity contribution is -0.154. The standard InChI is InChI=1S/C11H20O3/c1-11(2,10(12)13-3)8-14-7-6-9-4-5-9/h9H,4-8H2,1-3H3. The molecule has 3 nitrogen and oxygen atoms in total. The number of hydrogen-bond donors (Lipinski definition) is 0. The highest BCUT2D eigenvalue weighted by atomic mass is 16.5. The largest absolute Gasteiger partial charge is 0.469 e. The fourth-order valence-electron chi connectivity index (χ4n) is 1.32. The van der Waals surface area contributed by atoms with Crippen LogP contribution in [0.4, 0.5) is 0 Å². The van der Waals surface area contributed by atoms with Crippen molar-refractivity contribution in [3.05, 3.63) is 0 Å². The molecule has 1 rings (SSSR count). The van der Waals surface area contributed by atoms with Gasteiger partial charge >= 0.3 is 5.97 Å². The van der Waals surface area contributed by atoms with Crippen LogP contribution >= 0.6 is 0 Å². The van der Waals surface area contributed by atoms with Crippen LogP contribution in [0.2, 0.25) is 0 Å². The van der Waals surface area contributed by atoms with Gasteiger partial charge in [0, 0.05) is 6.61 Å². The highest BCUT2D eigenvalue weighted by molar-refractivity contribution is 5.75. The average molecular weight is 200 g/mol. The van der Waals surface area contributed by atoms with Crippen LogP contribution in [0, 0.1) is 11.3 Å². The molecule has 0 atom stereocenters. The summed E-state index contributed by atoms with van der Waals surface area (Å²) in [5.74, 6) is 0.681. The second-order valence-electron chi connectivity index (χ2n) is 4.66. The lowest BCUT2D eigenvalue weighted by Crippen LogP contribution is -2.31. The van der Waals surface area contributed by atoms with Crippen LogP contribution < -0.4 is 0 Å². The van der Waals surface area contributed by atoms with Crippen molar-refractivity contribution in [1.29, 1.82) is 0 Å². The summed E-state index contributed by atoms with van der Waals surface area (Å²) in [7, 11) is 1.41. The lowest BCUT2D eigenvalue weighted by Gasteiger charge is -2.21. The van der Waals surface area contributed by atoms with Gasteiger partial charge in [0.2, 0.25) is 0 Å². The van der Waals surface area contributed by atoms with E-state index in [1.54, 1.807) is 0 Å². The Morgan fingerprint density at radius 2 is 2.07 bits per heavy atom. The number of rotatable bonds is 6. The Balaban J connectivity index is 2.10. The zero-order chi connectivity index (χ0) is 10.6. The second kappa shape index (κ2) is 4.78. The number of esters is 1. The molecule has 1 saturated carbocycles. The van der Waals surface area contributed by atoms with E-state index in [0.717, 1.165) is 18.9 Å². The third-order valence-corrected chi connectivity index (χ3v) is 2.57. The van der Waals surface area contributed by atoms with Crippen molar-refractivity contribution < 1.29 is 14.3 Å². The van der Waals surface area contributed by atoms with Crippen molar-refractivity contribution >= 4 is 5.97 Å². The van der Waals surface area contributed by atoms with Crippen LogP contribution in [-0.4, -0.2) is 26.3 Å². The number of hydrogen-bond acceptors (Lipinski definition) is 3. The molecule has 1 aliphatic rings. The highest BCUT2D eigenvalue weighted by Crippen LogP contribution is 2.32. The zero-order valence-electron chi connectivity index (χ0n) is 9.34. The molecule has 0 aromatic carbocycles. The van der Waals surface area contributed by atoms with E-state index in [1.165, 1.54) is 20.0 Å². The molecular weight excluding hydrogens is 180 g/mol. The Hall–Kier alpha value is -0.570. The minimum Gasteiger partial charge on any atom is -0.469 e. The maximum Gasteiger partial charge on any atom is 0.313 e. The molecule has 0 N–H and O–H groups in total. The van der Waals surface area contributed by atoms with Crippen LogP contribution in [0.25, 0.3) is 0 Å². The average Bonchev–Trinajstić information content (AvgIpc) is 2.94. The molecule has 0 unspecified atom stereocenters. The second-order valence-corrected chi connectivity index (χ2v) is 4.66. The number of carbonyl (C=O) groups excluding carboxylic acids is 1. The summed E-state index contributed by atoms with van der Waals surface area (Å²) in [6, 6.07) is 0. The quantitative estimate of drug-likeness (QED) is 0.486. The van der Waals surface area contributed by atoms with E-state index in [0.29, 0.717) is 6.61 Å². The normalized spacial score (nSPS) is 16.8. The van der Waals surface area contributed by atoms with E-state index in [-0.39, 0.29) is 5.97 Å². The van der Waals surface area contributed by atoms with Gasteiger partial charge in [-0.2, -0.15) is 0 Å². The molecule has 0 radical (unpaired) electrons. The molecule has 0 heterocycles. The molecule has 0 spiro atoms. The summed E-state index contributed by atoms with van der Waals surface area (Å²) >= 11 is 0. The summed E-state index contributed by atoms with van der Waals surface area (Å²) in [5, 5.41) is 0. The van der Waals surface area contributed by atoms with Gasteiger partial charge in [-0.1, -0.05) is 12.8 Å². The van der Waals surface area contributed by atoms with Gasteiger partial charge in [-0.05, 0) is 26.2 Å². The molecule has 1 aliphatic carbocycles. The van der Waals surface area contributed by atoms with Crippen molar-refractivity contribution in [1.82, 2.24) is 0 Å². The van der Waals surface area contributed by atoms with Crippen LogP contribution in [0.3, 0.4) is 0 Å². The molecule has 0 saturated heterocycles. The summed E-state index contributed by atoms with van der Waals surface area (Å²) in [6.45, 7) is 4.91. The first-order valence-electron chi connectivity index (χ1n) is 5.22. The Labute approximate surface area is 85.8 Å². The van der Waals surface area contributed by atoms with E-state index >= 15 is 0 Å². The number of ether oxygens (including phenoxy) is 2. The predicted molar refractivity (Wildman–Crippen MR) is 54.0 cm³/mol. The van der Waals surface area contributed by atoms with E-state index in [2.05, 4.69) is 4.74 Å². The number of carbonyl (C=O) groups is 1. The van der Waals surface area contributed by atoms with E-state index < -0.39 is 5.41 Å². The van der Waals surface area contributed by atoms with Crippen molar-refractivity contribution in [2.75, 3.05) is 20.3 Å². The van der Waals surface area contributed by atoms with E-state index in [9.17, 15) is 4.79 Å².